The SMILES string of the molecule is Cc1ccc(Cl)c(OC(C)C(=O)NCc2cccs2)c1. The molecule has 2 rings (SSSR count). The maximum absolute atomic E-state index is 12.0. The maximum Gasteiger partial charge on any atom is 0.261 e. The maximum atomic E-state index is 12.0. The number of benzene rings is 1. The number of hydrogen-bond donors (Lipinski definition) is 1. The molecule has 0 fully saturated rings. The lowest BCUT2D eigenvalue weighted by Gasteiger charge is -2.15. The lowest BCUT2D eigenvalue weighted by molar-refractivity contribution is -0.127. The number of halogens is 1. The Balaban J connectivity index is 1.92. The Bertz CT molecular complexity index is 584. The van der Waals surface area contributed by atoms with Crippen molar-refractivity contribution in [2.24, 2.45) is 0 Å². The molecule has 0 aliphatic heterocycles. The minimum Gasteiger partial charge on any atom is -0.479 e. The number of aryl methyl sites for hydroxylation is 1. The number of nitrogens with one attached hydrogen (secondary N) is 1. The third kappa shape index (κ3) is 3.99. The Morgan fingerprint density at radius 1 is 1.45 bits per heavy atom. The molecule has 20 heavy (non-hydrogen) atoms. The molecule has 0 radical (unpaired) electrons. The van der Waals surface area contributed by atoms with Crippen molar-refractivity contribution in [3.05, 3.63) is 51.2 Å². The van der Waals surface area contributed by atoms with E-state index in [1.807, 2.05) is 36.6 Å². The second-order valence-electron chi connectivity index (χ2n) is 4.49. The molecule has 3 nitrogen and oxygen atoms in total. The molecule has 2 aromatic rings. The van der Waals surface area contributed by atoms with E-state index in [1.165, 1.54) is 0 Å². The summed E-state index contributed by atoms with van der Waals surface area (Å²) < 4.78 is 5.62. The third-order valence-electron chi connectivity index (χ3n) is 2.78. The molecule has 1 unspecified atom stereocenters. The molecular weight excluding hydrogens is 294 g/mol. The van der Waals surface area contributed by atoms with Gasteiger partial charge in [0.05, 0.1) is 11.6 Å². The summed E-state index contributed by atoms with van der Waals surface area (Å²) in [6.45, 7) is 4.18. The van der Waals surface area contributed by atoms with Crippen LogP contribution in [0.15, 0.2) is 35.7 Å². The Morgan fingerprint density at radius 2 is 2.25 bits per heavy atom. The van der Waals surface area contributed by atoms with Crippen LogP contribution in [-0.4, -0.2) is 12.0 Å². The van der Waals surface area contributed by atoms with Gasteiger partial charge in [0.1, 0.15) is 5.75 Å². The normalized spacial score (nSPS) is 11.9. The van der Waals surface area contributed by atoms with E-state index in [1.54, 1.807) is 24.3 Å². The number of carbonyl (C=O) groups excluding carboxylic acids is 1. The van der Waals surface area contributed by atoms with Crippen LogP contribution >= 0.6 is 22.9 Å². The molecule has 5 heteroatoms. The average Bonchev–Trinajstić information content (AvgIpc) is 2.93. The molecule has 1 atom stereocenters. The number of rotatable bonds is 5. The van der Waals surface area contributed by atoms with Crippen LogP contribution in [0.2, 0.25) is 5.02 Å². The molecule has 1 heterocycles. The van der Waals surface area contributed by atoms with Crippen LogP contribution in [0.3, 0.4) is 0 Å². The van der Waals surface area contributed by atoms with Crippen LogP contribution in [0.5, 0.6) is 5.75 Å². The Kier molecular flexibility index (Phi) is 5.04. The Hall–Kier alpha value is -1.52. The molecule has 106 valence electrons. The fraction of sp³-hybridized carbons (Fsp3) is 0.267. The lowest BCUT2D eigenvalue weighted by atomic mass is 10.2. The first-order chi connectivity index (χ1) is 9.56. The topological polar surface area (TPSA) is 38.3 Å². The van der Waals surface area contributed by atoms with E-state index in [-0.39, 0.29) is 5.91 Å². The first-order valence-corrected chi connectivity index (χ1v) is 7.55. The Labute approximate surface area is 127 Å². The number of hydrogen-bond acceptors (Lipinski definition) is 3. The van der Waals surface area contributed by atoms with Crippen molar-refractivity contribution < 1.29 is 9.53 Å². The molecule has 0 aliphatic rings. The molecule has 0 spiro atoms. The van der Waals surface area contributed by atoms with Gasteiger partial charge in [-0.3, -0.25) is 4.79 Å². The number of thiophene rings is 1. The van der Waals surface area contributed by atoms with Crippen molar-refractivity contribution in [1.29, 1.82) is 0 Å². The summed E-state index contributed by atoms with van der Waals surface area (Å²) in [6, 6.07) is 9.43. The van der Waals surface area contributed by atoms with Gasteiger partial charge in [-0.1, -0.05) is 23.7 Å². The van der Waals surface area contributed by atoms with Gasteiger partial charge >= 0.3 is 0 Å². The van der Waals surface area contributed by atoms with E-state index in [4.69, 9.17) is 16.3 Å². The predicted octanol–water partition coefficient (Wildman–Crippen LogP) is 3.79. The largest absolute Gasteiger partial charge is 0.479 e. The minimum absolute atomic E-state index is 0.157. The van der Waals surface area contributed by atoms with Crippen molar-refractivity contribution in [3.63, 3.8) is 0 Å². The van der Waals surface area contributed by atoms with Gasteiger partial charge in [-0.25, -0.2) is 0 Å². The molecule has 0 saturated carbocycles. The quantitative estimate of drug-likeness (QED) is 0.912. The zero-order valence-corrected chi connectivity index (χ0v) is 12.9. The Morgan fingerprint density at radius 3 is 2.95 bits per heavy atom. The van der Waals surface area contributed by atoms with Gasteiger partial charge in [0, 0.05) is 4.88 Å². The van der Waals surface area contributed by atoms with Crippen molar-refractivity contribution in [3.8, 4) is 5.75 Å². The van der Waals surface area contributed by atoms with Crippen LogP contribution in [0, 0.1) is 6.92 Å². The molecule has 1 aromatic heterocycles. The van der Waals surface area contributed by atoms with Crippen molar-refractivity contribution >= 4 is 28.8 Å². The number of carbonyl (C=O) groups is 1. The van der Waals surface area contributed by atoms with Crippen molar-refractivity contribution in [2.45, 2.75) is 26.5 Å². The second kappa shape index (κ2) is 6.77. The van der Waals surface area contributed by atoms with Gasteiger partial charge in [-0.15, -0.1) is 11.3 Å². The standard InChI is InChI=1S/C15H16ClNO2S/c1-10-5-6-13(16)14(8-10)19-11(2)15(18)17-9-12-4-3-7-20-12/h3-8,11H,9H2,1-2H3,(H,17,18). The van der Waals surface area contributed by atoms with Gasteiger partial charge in [0.25, 0.3) is 5.91 Å². The van der Waals surface area contributed by atoms with Gasteiger partial charge in [0.15, 0.2) is 6.10 Å². The molecule has 0 aliphatic carbocycles. The summed E-state index contributed by atoms with van der Waals surface area (Å²) in [7, 11) is 0. The van der Waals surface area contributed by atoms with Crippen LogP contribution in [0.4, 0.5) is 0 Å². The molecule has 1 amide bonds. The number of ether oxygens (including phenoxy) is 1. The van der Waals surface area contributed by atoms with Gasteiger partial charge in [0.2, 0.25) is 0 Å². The number of amides is 1. The first kappa shape index (κ1) is 14.9. The summed E-state index contributed by atoms with van der Waals surface area (Å²) in [6.07, 6.45) is -0.589. The summed E-state index contributed by atoms with van der Waals surface area (Å²) in [5.41, 5.74) is 1.04. The molecule has 0 bridgehead atoms. The van der Waals surface area contributed by atoms with Crippen LogP contribution in [-0.2, 0) is 11.3 Å². The van der Waals surface area contributed by atoms with Crippen molar-refractivity contribution in [2.75, 3.05) is 0 Å². The highest BCUT2D eigenvalue weighted by molar-refractivity contribution is 7.09. The highest BCUT2D eigenvalue weighted by atomic mass is 35.5. The predicted molar refractivity (Wildman–Crippen MR) is 82.4 cm³/mol. The molecule has 1 N–H and O–H groups in total. The highest BCUT2D eigenvalue weighted by Gasteiger charge is 2.16. The van der Waals surface area contributed by atoms with Crippen LogP contribution in [0.25, 0.3) is 0 Å². The summed E-state index contributed by atoms with van der Waals surface area (Å²) in [4.78, 5) is 13.1. The third-order valence-corrected chi connectivity index (χ3v) is 3.97. The second-order valence-corrected chi connectivity index (χ2v) is 5.93. The van der Waals surface area contributed by atoms with E-state index in [0.717, 1.165) is 10.4 Å². The van der Waals surface area contributed by atoms with Crippen molar-refractivity contribution in [1.82, 2.24) is 5.32 Å². The summed E-state index contributed by atoms with van der Waals surface area (Å²) in [5, 5.41) is 5.33. The van der Waals surface area contributed by atoms with E-state index in [0.29, 0.717) is 17.3 Å². The molecule has 1 aromatic carbocycles. The fourth-order valence-corrected chi connectivity index (χ4v) is 2.48. The van der Waals surface area contributed by atoms with Crippen LogP contribution < -0.4 is 10.1 Å². The van der Waals surface area contributed by atoms with E-state index in [9.17, 15) is 4.79 Å². The lowest BCUT2D eigenvalue weighted by Crippen LogP contribution is -2.35. The average molecular weight is 310 g/mol. The van der Waals surface area contributed by atoms with Crippen LogP contribution in [0.1, 0.15) is 17.4 Å². The summed E-state index contributed by atoms with van der Waals surface area (Å²) >= 11 is 7.66. The van der Waals surface area contributed by atoms with E-state index >= 15 is 0 Å². The molecular formula is C15H16ClNO2S. The van der Waals surface area contributed by atoms with E-state index < -0.39 is 6.10 Å². The highest BCUT2D eigenvalue weighted by Crippen LogP contribution is 2.26. The van der Waals surface area contributed by atoms with E-state index in [2.05, 4.69) is 5.32 Å². The smallest absolute Gasteiger partial charge is 0.261 e. The van der Waals surface area contributed by atoms with Gasteiger partial charge < -0.3 is 10.1 Å². The zero-order valence-electron chi connectivity index (χ0n) is 11.4. The van der Waals surface area contributed by atoms with Gasteiger partial charge in [-0.05, 0) is 43.0 Å². The summed E-state index contributed by atoms with van der Waals surface area (Å²) in [5.74, 6) is 0.376. The fourth-order valence-electron chi connectivity index (χ4n) is 1.68. The molecule has 0 saturated heterocycles. The zero-order chi connectivity index (χ0) is 14.5. The van der Waals surface area contributed by atoms with Gasteiger partial charge in [-0.2, -0.15) is 0 Å². The first-order valence-electron chi connectivity index (χ1n) is 6.29. The monoisotopic (exact) mass is 309 g/mol. The minimum atomic E-state index is -0.589.